The number of amides is 2. The van der Waals surface area contributed by atoms with Gasteiger partial charge in [-0.05, 0) is 33.6 Å². The summed E-state index contributed by atoms with van der Waals surface area (Å²) in [6.45, 7) is 5.40. The van der Waals surface area contributed by atoms with E-state index in [1.165, 1.54) is 0 Å². The Morgan fingerprint density at radius 1 is 1.31 bits per heavy atom. The molecule has 3 N–H and O–H groups in total. The van der Waals surface area contributed by atoms with Crippen molar-refractivity contribution < 1.29 is 14.3 Å². The van der Waals surface area contributed by atoms with E-state index in [0.717, 1.165) is 19.3 Å². The zero-order chi connectivity index (χ0) is 12.3. The molecule has 0 spiro atoms. The molecule has 16 heavy (non-hydrogen) atoms. The maximum Gasteiger partial charge on any atom is 0.407 e. The number of primary amides is 1. The topological polar surface area (TPSA) is 81.4 Å². The van der Waals surface area contributed by atoms with E-state index in [1.54, 1.807) is 20.8 Å². The van der Waals surface area contributed by atoms with Gasteiger partial charge in [-0.1, -0.05) is 6.42 Å². The van der Waals surface area contributed by atoms with Gasteiger partial charge in [-0.15, -0.1) is 0 Å². The summed E-state index contributed by atoms with van der Waals surface area (Å²) in [5.74, 6) is -0.605. The van der Waals surface area contributed by atoms with E-state index in [-0.39, 0.29) is 17.9 Å². The third-order valence-corrected chi connectivity index (χ3v) is 2.58. The third kappa shape index (κ3) is 3.72. The minimum atomic E-state index is -0.523. The van der Waals surface area contributed by atoms with Crippen molar-refractivity contribution in [2.24, 2.45) is 11.7 Å². The van der Waals surface area contributed by atoms with Crippen LogP contribution in [-0.2, 0) is 9.53 Å². The lowest BCUT2D eigenvalue weighted by Gasteiger charge is -2.23. The second-order valence-electron chi connectivity index (χ2n) is 5.19. The summed E-state index contributed by atoms with van der Waals surface area (Å²) < 4.78 is 5.13. The summed E-state index contributed by atoms with van der Waals surface area (Å²) in [5.41, 5.74) is 4.74. The summed E-state index contributed by atoms with van der Waals surface area (Å²) in [6.07, 6.45) is 1.96. The second-order valence-corrected chi connectivity index (χ2v) is 5.19. The molecule has 1 saturated carbocycles. The number of hydrogen-bond acceptors (Lipinski definition) is 3. The highest BCUT2D eigenvalue weighted by Gasteiger charge is 2.33. The fourth-order valence-corrected chi connectivity index (χ4v) is 1.93. The summed E-state index contributed by atoms with van der Waals surface area (Å²) in [6, 6.07) is -0.174. The van der Waals surface area contributed by atoms with Gasteiger partial charge in [0.15, 0.2) is 0 Å². The summed E-state index contributed by atoms with van der Waals surface area (Å²) in [4.78, 5) is 22.6. The van der Waals surface area contributed by atoms with Crippen LogP contribution in [0.4, 0.5) is 4.79 Å². The van der Waals surface area contributed by atoms with E-state index in [9.17, 15) is 9.59 Å². The Morgan fingerprint density at radius 3 is 2.44 bits per heavy atom. The molecule has 0 bridgehead atoms. The molecule has 0 radical (unpaired) electrons. The zero-order valence-electron chi connectivity index (χ0n) is 10.1. The van der Waals surface area contributed by atoms with E-state index < -0.39 is 11.7 Å². The van der Waals surface area contributed by atoms with Crippen LogP contribution in [0.15, 0.2) is 0 Å². The average Bonchev–Trinajstić information content (AvgIpc) is 2.47. The highest BCUT2D eigenvalue weighted by molar-refractivity contribution is 5.79. The van der Waals surface area contributed by atoms with Crippen molar-refractivity contribution >= 4 is 12.0 Å². The first-order valence-corrected chi connectivity index (χ1v) is 5.58. The van der Waals surface area contributed by atoms with Crippen LogP contribution in [0.2, 0.25) is 0 Å². The molecule has 0 aromatic heterocycles. The average molecular weight is 228 g/mol. The standard InChI is InChI=1S/C11H20N2O3/c1-11(2,3)16-10(15)13-8-6-4-5-7(8)9(12)14/h7-8H,4-6H2,1-3H3,(H2,12,14)(H,13,15)/t7-,8-/m1/s1. The van der Waals surface area contributed by atoms with Gasteiger partial charge in [0.1, 0.15) is 5.60 Å². The fourth-order valence-electron chi connectivity index (χ4n) is 1.93. The smallest absolute Gasteiger partial charge is 0.407 e. The zero-order valence-corrected chi connectivity index (χ0v) is 10.1. The molecule has 1 rings (SSSR count). The molecular weight excluding hydrogens is 208 g/mol. The van der Waals surface area contributed by atoms with Crippen LogP contribution in [0, 0.1) is 5.92 Å². The van der Waals surface area contributed by atoms with Crippen LogP contribution < -0.4 is 11.1 Å². The predicted molar refractivity (Wildman–Crippen MR) is 59.7 cm³/mol. The van der Waals surface area contributed by atoms with Crippen molar-refractivity contribution in [3.05, 3.63) is 0 Å². The Morgan fingerprint density at radius 2 is 1.94 bits per heavy atom. The van der Waals surface area contributed by atoms with Crippen molar-refractivity contribution in [1.29, 1.82) is 0 Å². The number of carbonyl (C=O) groups is 2. The van der Waals surface area contributed by atoms with Gasteiger partial charge in [0.25, 0.3) is 0 Å². The van der Waals surface area contributed by atoms with Crippen LogP contribution in [0.1, 0.15) is 40.0 Å². The lowest BCUT2D eigenvalue weighted by Crippen LogP contribution is -2.44. The SMILES string of the molecule is CC(C)(C)OC(=O)N[C@@H]1CCC[C@H]1C(N)=O. The first kappa shape index (κ1) is 12.8. The number of ether oxygens (including phenoxy) is 1. The highest BCUT2D eigenvalue weighted by Crippen LogP contribution is 2.25. The van der Waals surface area contributed by atoms with Crippen LogP contribution >= 0.6 is 0 Å². The molecule has 0 aromatic carbocycles. The molecule has 1 fully saturated rings. The molecule has 0 aliphatic heterocycles. The molecular formula is C11H20N2O3. The first-order valence-electron chi connectivity index (χ1n) is 5.58. The number of nitrogens with two attached hydrogens (primary N) is 1. The van der Waals surface area contributed by atoms with Gasteiger partial charge in [0.05, 0.1) is 5.92 Å². The third-order valence-electron chi connectivity index (χ3n) is 2.58. The highest BCUT2D eigenvalue weighted by atomic mass is 16.6. The Balaban J connectivity index is 2.47. The van der Waals surface area contributed by atoms with Crippen LogP contribution in [0.25, 0.3) is 0 Å². The molecule has 92 valence electrons. The van der Waals surface area contributed by atoms with Crippen molar-refractivity contribution in [3.8, 4) is 0 Å². The van der Waals surface area contributed by atoms with Crippen LogP contribution in [-0.4, -0.2) is 23.6 Å². The van der Waals surface area contributed by atoms with Crippen LogP contribution in [0.5, 0.6) is 0 Å². The molecule has 0 saturated heterocycles. The monoisotopic (exact) mass is 228 g/mol. The van der Waals surface area contributed by atoms with Gasteiger partial charge >= 0.3 is 6.09 Å². The second kappa shape index (κ2) is 4.72. The number of nitrogens with one attached hydrogen (secondary N) is 1. The van der Waals surface area contributed by atoms with Gasteiger partial charge < -0.3 is 15.8 Å². The number of rotatable bonds is 2. The minimum absolute atomic E-state index is 0.174. The Bertz CT molecular complexity index is 283. The van der Waals surface area contributed by atoms with E-state index in [2.05, 4.69) is 5.32 Å². The quantitative estimate of drug-likeness (QED) is 0.744. The van der Waals surface area contributed by atoms with E-state index in [1.807, 2.05) is 0 Å². The van der Waals surface area contributed by atoms with E-state index >= 15 is 0 Å². The lowest BCUT2D eigenvalue weighted by atomic mass is 10.0. The largest absolute Gasteiger partial charge is 0.444 e. The van der Waals surface area contributed by atoms with Crippen molar-refractivity contribution in [2.75, 3.05) is 0 Å². The predicted octanol–water partition coefficient (Wildman–Crippen LogP) is 1.17. The van der Waals surface area contributed by atoms with Crippen molar-refractivity contribution in [1.82, 2.24) is 5.32 Å². The molecule has 5 nitrogen and oxygen atoms in total. The van der Waals surface area contributed by atoms with Crippen LogP contribution in [0.3, 0.4) is 0 Å². The van der Waals surface area contributed by atoms with Gasteiger partial charge in [-0.25, -0.2) is 4.79 Å². The maximum atomic E-state index is 11.5. The number of alkyl carbamates (subject to hydrolysis) is 1. The van der Waals surface area contributed by atoms with Gasteiger partial charge in [-0.3, -0.25) is 4.79 Å². The van der Waals surface area contributed by atoms with Gasteiger partial charge in [0, 0.05) is 6.04 Å². The molecule has 0 aromatic rings. The maximum absolute atomic E-state index is 11.5. The fraction of sp³-hybridized carbons (Fsp3) is 0.818. The van der Waals surface area contributed by atoms with Gasteiger partial charge in [0.2, 0.25) is 5.91 Å². The molecule has 2 amide bonds. The Hall–Kier alpha value is -1.26. The Kier molecular flexibility index (Phi) is 3.78. The molecule has 1 aliphatic carbocycles. The first-order chi connectivity index (χ1) is 7.29. The minimum Gasteiger partial charge on any atom is -0.444 e. The molecule has 0 heterocycles. The van der Waals surface area contributed by atoms with Gasteiger partial charge in [-0.2, -0.15) is 0 Å². The summed E-state index contributed by atoms with van der Waals surface area (Å²) >= 11 is 0. The normalized spacial score (nSPS) is 25.2. The molecule has 5 heteroatoms. The lowest BCUT2D eigenvalue weighted by molar-refractivity contribution is -0.122. The van der Waals surface area contributed by atoms with Crippen molar-refractivity contribution in [2.45, 2.75) is 51.7 Å². The van der Waals surface area contributed by atoms with Crippen molar-refractivity contribution in [3.63, 3.8) is 0 Å². The number of hydrogen-bond donors (Lipinski definition) is 2. The summed E-state index contributed by atoms with van der Waals surface area (Å²) in [7, 11) is 0. The molecule has 1 aliphatic rings. The van der Waals surface area contributed by atoms with E-state index in [4.69, 9.17) is 10.5 Å². The Labute approximate surface area is 95.7 Å². The van der Waals surface area contributed by atoms with E-state index in [0.29, 0.717) is 0 Å². The summed E-state index contributed by atoms with van der Waals surface area (Å²) in [5, 5.41) is 2.70. The molecule has 2 atom stereocenters. The molecule has 0 unspecified atom stereocenters. The number of carbonyl (C=O) groups excluding carboxylic acids is 2.